The summed E-state index contributed by atoms with van der Waals surface area (Å²) in [7, 11) is 0. The van der Waals surface area contributed by atoms with Crippen molar-refractivity contribution < 1.29 is 0 Å². The van der Waals surface area contributed by atoms with Crippen molar-refractivity contribution in [2.24, 2.45) is 5.10 Å². The van der Waals surface area contributed by atoms with Crippen molar-refractivity contribution in [3.8, 4) is 0 Å². The number of nitrogens with one attached hydrogen (secondary N) is 1. The Kier molecular flexibility index (Phi) is 12.6. The van der Waals surface area contributed by atoms with E-state index >= 15 is 0 Å². The molecule has 0 bridgehead atoms. The molecule has 0 heterocycles. The minimum absolute atomic E-state index is 1.000. The van der Waals surface area contributed by atoms with E-state index in [9.17, 15) is 0 Å². The number of hydrazone groups is 1. The summed E-state index contributed by atoms with van der Waals surface area (Å²) >= 11 is 0. The molecule has 0 amide bonds. The fraction of sp³-hybridized carbons (Fsp3) is 0.571. The highest BCUT2D eigenvalue weighted by Gasteiger charge is 1.68. The van der Waals surface area contributed by atoms with Crippen LogP contribution >= 0.6 is 0 Å². The highest BCUT2D eigenvalue weighted by Crippen LogP contribution is 1.66. The van der Waals surface area contributed by atoms with Crippen molar-refractivity contribution in [3.05, 3.63) is 12.8 Å². The molecule has 0 rings (SSSR count). The van der Waals surface area contributed by atoms with E-state index in [2.05, 4.69) is 17.1 Å². The average Bonchev–Trinajstić information content (AvgIpc) is 1.88. The van der Waals surface area contributed by atoms with E-state index in [0.717, 1.165) is 5.71 Å². The first-order valence-corrected chi connectivity index (χ1v) is 3.14. The number of rotatable bonds is 2. The fourth-order valence-corrected chi connectivity index (χ4v) is 0.175. The first kappa shape index (κ1) is 11.1. The Morgan fingerprint density at radius 2 is 1.89 bits per heavy atom. The minimum atomic E-state index is 1.000. The van der Waals surface area contributed by atoms with Crippen LogP contribution in [0.3, 0.4) is 0 Å². The molecule has 9 heavy (non-hydrogen) atoms. The minimum Gasteiger partial charge on any atom is -0.286 e. The first-order valence-electron chi connectivity index (χ1n) is 3.14. The fourth-order valence-electron chi connectivity index (χ4n) is 0.175. The molecule has 0 saturated heterocycles. The number of nitrogens with zero attached hydrogens (tertiary/aromatic N) is 1. The van der Waals surface area contributed by atoms with Gasteiger partial charge in [0.15, 0.2) is 0 Å². The summed E-state index contributed by atoms with van der Waals surface area (Å²) in [6.45, 7) is 11.2. The highest BCUT2D eigenvalue weighted by atomic mass is 15.3. The summed E-state index contributed by atoms with van der Waals surface area (Å²) in [6, 6.07) is 0. The van der Waals surface area contributed by atoms with E-state index in [1.54, 1.807) is 0 Å². The SMILES string of the molecule is C=CNN=C(C)C.CC. The molecule has 0 spiro atoms. The lowest BCUT2D eigenvalue weighted by molar-refractivity contribution is 0.967. The van der Waals surface area contributed by atoms with Crippen LogP contribution < -0.4 is 5.43 Å². The average molecular weight is 128 g/mol. The monoisotopic (exact) mass is 128 g/mol. The van der Waals surface area contributed by atoms with E-state index in [-0.39, 0.29) is 0 Å². The summed E-state index contributed by atoms with van der Waals surface area (Å²) in [4.78, 5) is 0. The molecule has 0 aliphatic heterocycles. The normalized spacial score (nSPS) is 6.22. The molecule has 0 aromatic rings. The van der Waals surface area contributed by atoms with Crippen LogP contribution in [0.1, 0.15) is 27.7 Å². The van der Waals surface area contributed by atoms with Crippen LogP contribution in [0, 0.1) is 0 Å². The van der Waals surface area contributed by atoms with Crippen LogP contribution in [0.15, 0.2) is 17.9 Å². The van der Waals surface area contributed by atoms with E-state index in [0.29, 0.717) is 0 Å². The summed E-state index contributed by atoms with van der Waals surface area (Å²) < 4.78 is 0. The van der Waals surface area contributed by atoms with Crippen LogP contribution in [0.4, 0.5) is 0 Å². The molecule has 2 nitrogen and oxygen atoms in total. The molecule has 0 aromatic carbocycles. The van der Waals surface area contributed by atoms with Crippen molar-refractivity contribution in [1.29, 1.82) is 0 Å². The molecule has 0 atom stereocenters. The Labute approximate surface area is 57.7 Å². The van der Waals surface area contributed by atoms with Gasteiger partial charge in [-0.2, -0.15) is 5.10 Å². The van der Waals surface area contributed by atoms with E-state index in [1.165, 1.54) is 6.20 Å². The van der Waals surface area contributed by atoms with Gasteiger partial charge in [-0.05, 0) is 13.8 Å². The van der Waals surface area contributed by atoms with Gasteiger partial charge in [-0.1, -0.05) is 20.4 Å². The van der Waals surface area contributed by atoms with E-state index in [1.807, 2.05) is 27.7 Å². The van der Waals surface area contributed by atoms with Gasteiger partial charge in [-0.25, -0.2) is 0 Å². The quantitative estimate of drug-likeness (QED) is 0.447. The second-order valence-corrected chi connectivity index (χ2v) is 1.39. The zero-order chi connectivity index (χ0) is 7.70. The largest absolute Gasteiger partial charge is 0.286 e. The molecule has 0 radical (unpaired) electrons. The first-order chi connectivity index (χ1) is 4.27. The van der Waals surface area contributed by atoms with Gasteiger partial charge in [-0.3, -0.25) is 5.43 Å². The van der Waals surface area contributed by atoms with Gasteiger partial charge in [0.25, 0.3) is 0 Å². The van der Waals surface area contributed by atoms with E-state index in [4.69, 9.17) is 0 Å². The zero-order valence-corrected chi connectivity index (χ0v) is 6.73. The van der Waals surface area contributed by atoms with Crippen LogP contribution in [0.2, 0.25) is 0 Å². The van der Waals surface area contributed by atoms with Crippen molar-refractivity contribution in [2.75, 3.05) is 0 Å². The molecular weight excluding hydrogens is 112 g/mol. The summed E-state index contributed by atoms with van der Waals surface area (Å²) in [5, 5.41) is 3.79. The molecule has 0 aromatic heterocycles. The molecule has 2 heteroatoms. The van der Waals surface area contributed by atoms with Gasteiger partial charge in [0, 0.05) is 11.9 Å². The molecular formula is C7H16N2. The third-order valence-corrected chi connectivity index (χ3v) is 0.379. The van der Waals surface area contributed by atoms with Crippen LogP contribution in [0.25, 0.3) is 0 Å². The molecule has 0 fully saturated rings. The summed E-state index contributed by atoms with van der Waals surface area (Å²) in [5.41, 5.74) is 3.60. The second-order valence-electron chi connectivity index (χ2n) is 1.39. The van der Waals surface area contributed by atoms with Crippen molar-refractivity contribution >= 4 is 5.71 Å². The number of hydrogen-bond donors (Lipinski definition) is 1. The smallest absolute Gasteiger partial charge is 0.0320 e. The summed E-state index contributed by atoms with van der Waals surface area (Å²) in [5.74, 6) is 0. The van der Waals surface area contributed by atoms with Gasteiger partial charge in [0.2, 0.25) is 0 Å². The van der Waals surface area contributed by atoms with Crippen LogP contribution in [-0.2, 0) is 0 Å². The summed E-state index contributed by atoms with van der Waals surface area (Å²) in [6.07, 6.45) is 1.53. The van der Waals surface area contributed by atoms with Gasteiger partial charge in [0.1, 0.15) is 0 Å². The zero-order valence-electron chi connectivity index (χ0n) is 6.73. The van der Waals surface area contributed by atoms with Crippen molar-refractivity contribution in [1.82, 2.24) is 5.43 Å². The Balaban J connectivity index is 0. The maximum absolute atomic E-state index is 3.79. The third kappa shape index (κ3) is 19.0. The molecule has 0 saturated carbocycles. The molecule has 54 valence electrons. The second kappa shape index (κ2) is 10.2. The molecule has 1 N–H and O–H groups in total. The lowest BCUT2D eigenvalue weighted by atomic mass is 10.5. The topological polar surface area (TPSA) is 24.4 Å². The van der Waals surface area contributed by atoms with E-state index < -0.39 is 0 Å². The lowest BCUT2D eigenvalue weighted by Gasteiger charge is -1.86. The van der Waals surface area contributed by atoms with Crippen LogP contribution in [0.5, 0.6) is 0 Å². The van der Waals surface area contributed by atoms with Gasteiger partial charge in [-0.15, -0.1) is 0 Å². The van der Waals surface area contributed by atoms with Crippen LogP contribution in [-0.4, -0.2) is 5.71 Å². The predicted octanol–water partition coefficient (Wildman–Crippen LogP) is 2.14. The Morgan fingerprint density at radius 3 is 2.00 bits per heavy atom. The lowest BCUT2D eigenvalue weighted by Crippen LogP contribution is -1.95. The Hall–Kier alpha value is -0.790. The molecule has 0 aliphatic carbocycles. The standard InChI is InChI=1S/C5H10N2.C2H6/c1-4-6-7-5(2)3;1-2/h4,6H,1H2,2-3H3;1-2H3. The van der Waals surface area contributed by atoms with Crippen molar-refractivity contribution in [2.45, 2.75) is 27.7 Å². The van der Waals surface area contributed by atoms with Gasteiger partial charge >= 0.3 is 0 Å². The third-order valence-electron chi connectivity index (χ3n) is 0.379. The van der Waals surface area contributed by atoms with Gasteiger partial charge < -0.3 is 0 Å². The molecule has 0 aliphatic rings. The van der Waals surface area contributed by atoms with Gasteiger partial charge in [0.05, 0.1) is 0 Å². The molecule has 0 unspecified atom stereocenters. The maximum Gasteiger partial charge on any atom is 0.0320 e. The number of hydrogen-bond acceptors (Lipinski definition) is 2. The Bertz CT molecular complexity index is 80.9. The predicted molar refractivity (Wildman–Crippen MR) is 43.5 cm³/mol. The highest BCUT2D eigenvalue weighted by molar-refractivity contribution is 5.78. The van der Waals surface area contributed by atoms with Crippen molar-refractivity contribution in [3.63, 3.8) is 0 Å². The maximum atomic E-state index is 3.79. The Morgan fingerprint density at radius 1 is 1.44 bits per heavy atom.